The molecule has 1 atom stereocenters. The molecule has 3 heterocycles. The van der Waals surface area contributed by atoms with Crippen molar-refractivity contribution in [2.24, 2.45) is 5.92 Å². The highest BCUT2D eigenvalue weighted by molar-refractivity contribution is 6.16. The second kappa shape index (κ2) is 11.3. The van der Waals surface area contributed by atoms with Crippen molar-refractivity contribution in [1.82, 2.24) is 9.88 Å². The molecule has 0 bridgehead atoms. The number of esters is 1. The molecule has 0 spiro atoms. The molecule has 1 saturated carbocycles. The first kappa shape index (κ1) is 27.5. The maximum atomic E-state index is 13.0. The van der Waals surface area contributed by atoms with E-state index in [1.165, 1.54) is 39.1 Å². The topological polar surface area (TPSA) is 85.0 Å². The number of aromatic nitrogens is 1. The molecule has 216 valence electrons. The van der Waals surface area contributed by atoms with E-state index in [-0.39, 0.29) is 11.8 Å². The number of phenols is 1. The van der Waals surface area contributed by atoms with Gasteiger partial charge in [-0.25, -0.2) is 4.79 Å². The van der Waals surface area contributed by atoms with Crippen molar-refractivity contribution < 1.29 is 28.3 Å². The number of ether oxygens (including phenoxy) is 2. The maximum Gasteiger partial charge on any atom is 0.341 e. The fourth-order valence-corrected chi connectivity index (χ4v) is 6.65. The van der Waals surface area contributed by atoms with Crippen molar-refractivity contribution in [2.75, 3.05) is 54.0 Å². The number of hydrogen-bond acceptors (Lipinski definition) is 7. The number of carbonyl (C=O) groups is 1. The number of aromatic hydroxyl groups is 1. The summed E-state index contributed by atoms with van der Waals surface area (Å²) in [5, 5.41) is 14.1. The lowest BCUT2D eigenvalue weighted by atomic mass is 9.89. The number of piperazine rings is 1. The highest BCUT2D eigenvalue weighted by Crippen LogP contribution is 2.47. The van der Waals surface area contributed by atoms with Gasteiger partial charge in [0.2, 0.25) is 0 Å². The fourth-order valence-electron chi connectivity index (χ4n) is 6.65. The summed E-state index contributed by atoms with van der Waals surface area (Å²) < 4.78 is 18.4. The summed E-state index contributed by atoms with van der Waals surface area (Å²) in [6.07, 6.45) is 11.2. The predicted molar refractivity (Wildman–Crippen MR) is 158 cm³/mol. The smallest absolute Gasteiger partial charge is 0.341 e. The molecule has 1 aliphatic carbocycles. The van der Waals surface area contributed by atoms with Crippen molar-refractivity contribution in [3.8, 4) is 11.5 Å². The van der Waals surface area contributed by atoms with Crippen molar-refractivity contribution >= 4 is 27.7 Å². The van der Waals surface area contributed by atoms with E-state index in [0.29, 0.717) is 39.8 Å². The fraction of sp³-hybridized carbons (Fsp3) is 0.455. The molecule has 0 radical (unpaired) electrons. The van der Waals surface area contributed by atoms with Crippen LogP contribution in [0.3, 0.4) is 0 Å². The van der Waals surface area contributed by atoms with E-state index in [1.54, 1.807) is 12.4 Å². The molecule has 2 aromatic carbocycles. The normalized spacial score (nSPS) is 18.6. The van der Waals surface area contributed by atoms with Gasteiger partial charge in [0.25, 0.3) is 0 Å². The van der Waals surface area contributed by atoms with Gasteiger partial charge in [-0.2, -0.15) is 0 Å². The molecular formula is C33H40N3O5+. The van der Waals surface area contributed by atoms with Gasteiger partial charge < -0.3 is 23.5 Å². The standard InChI is InChI=1S/C33H39N3O5/c1-36(2)17-15-35(16-18-36)30(23-10-13-34-14-11-23)29-28-27(33(38)39-3)21-41-32(28)25-9-8-24(20-26(25)31(29)37)40-19-12-22-6-4-5-7-22/h8-11,13-14,20-22,30H,4-7,12,15-19H2,1-3H3/p+1. The number of rotatable bonds is 8. The van der Waals surface area contributed by atoms with Gasteiger partial charge in [-0.3, -0.25) is 9.88 Å². The van der Waals surface area contributed by atoms with Gasteiger partial charge in [-0.15, -0.1) is 0 Å². The third-order valence-electron chi connectivity index (χ3n) is 9.13. The van der Waals surface area contributed by atoms with Crippen LogP contribution in [-0.2, 0) is 4.74 Å². The molecule has 1 aliphatic heterocycles. The van der Waals surface area contributed by atoms with Gasteiger partial charge >= 0.3 is 5.97 Å². The quantitative estimate of drug-likeness (QED) is 0.212. The Morgan fingerprint density at radius 2 is 1.85 bits per heavy atom. The minimum Gasteiger partial charge on any atom is -0.507 e. The van der Waals surface area contributed by atoms with E-state index in [4.69, 9.17) is 13.9 Å². The zero-order valence-electron chi connectivity index (χ0n) is 24.3. The van der Waals surface area contributed by atoms with Crippen LogP contribution in [0.2, 0.25) is 0 Å². The second-order valence-corrected chi connectivity index (χ2v) is 12.2. The van der Waals surface area contributed by atoms with Gasteiger partial charge in [0.05, 0.1) is 46.9 Å². The Bertz CT molecular complexity index is 1530. The van der Waals surface area contributed by atoms with Gasteiger partial charge in [0, 0.05) is 47.2 Å². The molecule has 4 aromatic rings. The monoisotopic (exact) mass is 558 g/mol. The molecular weight excluding hydrogens is 518 g/mol. The van der Waals surface area contributed by atoms with Crippen molar-refractivity contribution in [2.45, 2.75) is 38.1 Å². The van der Waals surface area contributed by atoms with Crippen LogP contribution in [0.15, 0.2) is 53.4 Å². The average Bonchev–Trinajstić information content (AvgIpc) is 3.66. The number of furan rings is 1. The minimum absolute atomic E-state index is 0.126. The largest absolute Gasteiger partial charge is 0.507 e. The predicted octanol–water partition coefficient (Wildman–Crippen LogP) is 5.91. The number of pyridine rings is 1. The first-order valence-corrected chi connectivity index (χ1v) is 14.7. The van der Waals surface area contributed by atoms with Crippen molar-refractivity contribution in [1.29, 1.82) is 0 Å². The molecule has 0 amide bonds. The number of hydrogen-bond donors (Lipinski definition) is 1. The Morgan fingerprint density at radius 3 is 2.56 bits per heavy atom. The molecule has 1 saturated heterocycles. The molecule has 1 N–H and O–H groups in total. The number of fused-ring (bicyclic) bond motifs is 3. The number of likely N-dealkylation sites (N-methyl/N-ethyl adjacent to an activating group) is 1. The number of carbonyl (C=O) groups excluding carboxylic acids is 1. The van der Waals surface area contributed by atoms with E-state index >= 15 is 0 Å². The van der Waals surface area contributed by atoms with Gasteiger partial charge in [0.15, 0.2) is 0 Å². The van der Waals surface area contributed by atoms with E-state index in [2.05, 4.69) is 24.0 Å². The number of methoxy groups -OCH3 is 1. The Hall–Kier alpha value is -3.62. The average molecular weight is 559 g/mol. The molecule has 2 aromatic heterocycles. The number of phenolic OH excluding ortho intramolecular Hbond substituents is 1. The second-order valence-electron chi connectivity index (χ2n) is 12.2. The molecule has 2 fully saturated rings. The highest BCUT2D eigenvalue weighted by atomic mass is 16.5. The Labute approximate surface area is 241 Å². The van der Waals surface area contributed by atoms with Crippen LogP contribution in [0.25, 0.3) is 21.7 Å². The SMILES string of the molecule is COC(=O)c1coc2c1c(C(c1ccncc1)N1CC[N+](C)(C)CC1)c(O)c1cc(OCCC3CCCC3)ccc12. The zero-order chi connectivity index (χ0) is 28.6. The van der Waals surface area contributed by atoms with Crippen molar-refractivity contribution in [3.63, 3.8) is 0 Å². The van der Waals surface area contributed by atoms with Crippen LogP contribution in [-0.4, -0.2) is 79.4 Å². The lowest BCUT2D eigenvalue weighted by molar-refractivity contribution is -0.894. The van der Waals surface area contributed by atoms with E-state index in [9.17, 15) is 9.90 Å². The molecule has 8 nitrogen and oxygen atoms in total. The van der Waals surface area contributed by atoms with E-state index in [0.717, 1.165) is 54.0 Å². The third-order valence-corrected chi connectivity index (χ3v) is 9.13. The lowest BCUT2D eigenvalue weighted by Crippen LogP contribution is -2.55. The summed E-state index contributed by atoms with van der Waals surface area (Å²) in [5.41, 5.74) is 2.49. The third kappa shape index (κ3) is 5.38. The summed E-state index contributed by atoms with van der Waals surface area (Å²) in [5.74, 6) is 1.08. The van der Waals surface area contributed by atoms with Crippen molar-refractivity contribution in [3.05, 3.63) is 65.7 Å². The summed E-state index contributed by atoms with van der Waals surface area (Å²) in [7, 11) is 5.84. The summed E-state index contributed by atoms with van der Waals surface area (Å²) >= 11 is 0. The summed E-state index contributed by atoms with van der Waals surface area (Å²) in [4.78, 5) is 19.6. The van der Waals surface area contributed by atoms with Crippen LogP contribution >= 0.6 is 0 Å². The molecule has 2 aliphatic rings. The van der Waals surface area contributed by atoms with Crippen LogP contribution in [0, 0.1) is 5.92 Å². The van der Waals surface area contributed by atoms with Gasteiger partial charge in [-0.1, -0.05) is 25.7 Å². The first-order chi connectivity index (χ1) is 19.9. The van der Waals surface area contributed by atoms with Gasteiger partial charge in [0.1, 0.15) is 28.9 Å². The number of quaternary nitrogens is 1. The molecule has 1 unspecified atom stereocenters. The zero-order valence-corrected chi connectivity index (χ0v) is 24.3. The summed E-state index contributed by atoms with van der Waals surface area (Å²) in [6, 6.07) is 9.38. The number of benzene rings is 2. The van der Waals surface area contributed by atoms with E-state index < -0.39 is 5.97 Å². The van der Waals surface area contributed by atoms with Crippen LogP contribution in [0.1, 0.15) is 59.6 Å². The Morgan fingerprint density at radius 1 is 1.12 bits per heavy atom. The van der Waals surface area contributed by atoms with Crippen LogP contribution in [0.4, 0.5) is 0 Å². The Balaban J connectivity index is 1.51. The van der Waals surface area contributed by atoms with Crippen LogP contribution < -0.4 is 4.74 Å². The molecule has 41 heavy (non-hydrogen) atoms. The minimum atomic E-state index is -0.500. The van der Waals surface area contributed by atoms with Crippen LogP contribution in [0.5, 0.6) is 11.5 Å². The van der Waals surface area contributed by atoms with Gasteiger partial charge in [-0.05, 0) is 48.2 Å². The molecule has 6 rings (SSSR count). The summed E-state index contributed by atoms with van der Waals surface area (Å²) in [6.45, 7) is 4.24. The van der Waals surface area contributed by atoms with E-state index in [1.807, 2.05) is 30.3 Å². The first-order valence-electron chi connectivity index (χ1n) is 14.7. The number of nitrogens with zero attached hydrogens (tertiary/aromatic N) is 3. The highest BCUT2D eigenvalue weighted by Gasteiger charge is 2.36. The lowest BCUT2D eigenvalue weighted by Gasteiger charge is -2.42. The maximum absolute atomic E-state index is 13.0. The molecule has 8 heteroatoms. The Kier molecular flexibility index (Phi) is 7.62.